The average Bonchev–Trinajstić information content (AvgIpc) is 3.77. The smallest absolute Gasteiger partial charge is 0.262 e. The van der Waals surface area contributed by atoms with Crippen LogP contribution < -0.4 is 29.6 Å². The number of methoxy groups -OCH3 is 3. The van der Waals surface area contributed by atoms with Crippen LogP contribution in [0.5, 0.6) is 29.0 Å². The number of halogens is 1. The molecule has 3 heterocycles. The molecule has 0 aliphatic heterocycles. The van der Waals surface area contributed by atoms with Gasteiger partial charge in [0.1, 0.15) is 16.7 Å². The number of carbonyl (C=O) groups is 2. The molecule has 1 aromatic carbocycles. The second-order valence-corrected chi connectivity index (χ2v) is 8.71. The van der Waals surface area contributed by atoms with Gasteiger partial charge in [-0.25, -0.2) is 14.4 Å². The highest BCUT2D eigenvalue weighted by Crippen LogP contribution is 2.48. The fourth-order valence-electron chi connectivity index (χ4n) is 3.93. The van der Waals surface area contributed by atoms with E-state index < -0.39 is 23.0 Å². The minimum absolute atomic E-state index is 0.120. The lowest BCUT2D eigenvalue weighted by Gasteiger charge is -2.16. The molecule has 1 saturated carbocycles. The highest BCUT2D eigenvalue weighted by atomic mass is 19.1. The van der Waals surface area contributed by atoms with Crippen molar-refractivity contribution in [2.75, 3.05) is 32.0 Å². The van der Waals surface area contributed by atoms with Crippen LogP contribution >= 0.6 is 0 Å². The van der Waals surface area contributed by atoms with E-state index in [1.807, 2.05) is 0 Å². The van der Waals surface area contributed by atoms with Gasteiger partial charge in [0, 0.05) is 30.1 Å². The summed E-state index contributed by atoms with van der Waals surface area (Å²) in [6.07, 6.45) is 3.71. The molecule has 0 spiro atoms. The van der Waals surface area contributed by atoms with Gasteiger partial charge in [-0.1, -0.05) is 0 Å². The van der Waals surface area contributed by atoms with Crippen molar-refractivity contribution in [3.8, 4) is 29.0 Å². The Morgan fingerprint density at radius 1 is 0.821 bits per heavy atom. The van der Waals surface area contributed by atoms with Crippen LogP contribution in [0.2, 0.25) is 0 Å². The number of anilines is 2. The van der Waals surface area contributed by atoms with Crippen molar-refractivity contribution in [3.63, 3.8) is 0 Å². The molecule has 0 saturated heterocycles. The van der Waals surface area contributed by atoms with E-state index in [1.165, 1.54) is 57.9 Å². The number of nitrogens with one attached hydrogen (secondary N) is 2. The van der Waals surface area contributed by atoms with Gasteiger partial charge in [-0.3, -0.25) is 14.6 Å². The van der Waals surface area contributed by atoms with E-state index in [2.05, 4.69) is 25.6 Å². The van der Waals surface area contributed by atoms with E-state index in [0.29, 0.717) is 46.7 Å². The summed E-state index contributed by atoms with van der Waals surface area (Å²) < 4.78 is 35.2. The Morgan fingerprint density at radius 2 is 1.49 bits per heavy atom. The monoisotopic (exact) mass is 533 g/mol. The Balaban J connectivity index is 1.34. The SMILES string of the molecule is COc1cc2nccc(Oc3ncc(NC(=O)C4(C(=O)Nc5ccc(F)cc5)CC4)cc3OC)c2nc1OC. The van der Waals surface area contributed by atoms with Crippen LogP contribution in [0.25, 0.3) is 11.0 Å². The first kappa shape index (κ1) is 25.6. The van der Waals surface area contributed by atoms with Crippen LogP contribution in [0.3, 0.4) is 0 Å². The third-order valence-electron chi connectivity index (χ3n) is 6.24. The summed E-state index contributed by atoms with van der Waals surface area (Å²) in [6, 6.07) is 10.2. The second-order valence-electron chi connectivity index (χ2n) is 8.71. The van der Waals surface area contributed by atoms with Crippen LogP contribution in [0.4, 0.5) is 15.8 Å². The molecule has 200 valence electrons. The zero-order valence-corrected chi connectivity index (χ0v) is 21.3. The number of amides is 2. The molecular formula is C27H24FN5O6. The van der Waals surface area contributed by atoms with E-state index in [0.717, 1.165) is 0 Å². The highest BCUT2D eigenvalue weighted by molar-refractivity contribution is 6.16. The fraction of sp³-hybridized carbons (Fsp3) is 0.222. The van der Waals surface area contributed by atoms with Crippen molar-refractivity contribution >= 4 is 34.2 Å². The van der Waals surface area contributed by atoms with Crippen molar-refractivity contribution < 1.29 is 32.9 Å². The largest absolute Gasteiger partial charge is 0.491 e. The molecule has 5 rings (SSSR count). The first-order valence-corrected chi connectivity index (χ1v) is 11.8. The van der Waals surface area contributed by atoms with Gasteiger partial charge in [0.05, 0.1) is 38.7 Å². The van der Waals surface area contributed by atoms with E-state index >= 15 is 0 Å². The van der Waals surface area contributed by atoms with Crippen molar-refractivity contribution in [3.05, 3.63) is 60.7 Å². The maximum absolute atomic E-state index is 13.2. The molecule has 1 aliphatic rings. The van der Waals surface area contributed by atoms with E-state index in [-0.39, 0.29) is 17.5 Å². The number of aromatic nitrogens is 3. The van der Waals surface area contributed by atoms with Gasteiger partial charge in [0.25, 0.3) is 11.8 Å². The maximum atomic E-state index is 13.2. The van der Waals surface area contributed by atoms with Crippen molar-refractivity contribution in [2.24, 2.45) is 5.41 Å². The minimum Gasteiger partial charge on any atom is -0.491 e. The van der Waals surface area contributed by atoms with Gasteiger partial charge in [0.15, 0.2) is 17.2 Å². The lowest BCUT2D eigenvalue weighted by Crippen LogP contribution is -2.35. The van der Waals surface area contributed by atoms with Crippen molar-refractivity contribution in [1.82, 2.24) is 15.0 Å². The van der Waals surface area contributed by atoms with Crippen molar-refractivity contribution in [1.29, 1.82) is 0 Å². The number of hydrogen-bond acceptors (Lipinski definition) is 9. The zero-order chi connectivity index (χ0) is 27.6. The molecule has 1 aliphatic carbocycles. The van der Waals surface area contributed by atoms with Gasteiger partial charge < -0.3 is 29.6 Å². The summed E-state index contributed by atoms with van der Waals surface area (Å²) in [4.78, 5) is 38.9. The molecule has 0 atom stereocenters. The third-order valence-corrected chi connectivity index (χ3v) is 6.24. The summed E-state index contributed by atoms with van der Waals surface area (Å²) >= 11 is 0. The Morgan fingerprint density at radius 3 is 2.13 bits per heavy atom. The van der Waals surface area contributed by atoms with Crippen LogP contribution in [0.1, 0.15) is 12.8 Å². The number of carbonyl (C=O) groups excluding carboxylic acids is 2. The summed E-state index contributed by atoms with van der Waals surface area (Å²) in [5.74, 6) is 0.0183. The van der Waals surface area contributed by atoms with Gasteiger partial charge >= 0.3 is 0 Å². The summed E-state index contributed by atoms with van der Waals surface area (Å²) in [7, 11) is 4.41. The maximum Gasteiger partial charge on any atom is 0.262 e. The van der Waals surface area contributed by atoms with Crippen LogP contribution in [0, 0.1) is 11.2 Å². The molecule has 2 N–H and O–H groups in total. The fourth-order valence-corrected chi connectivity index (χ4v) is 3.93. The quantitative estimate of drug-likeness (QED) is 0.301. The lowest BCUT2D eigenvalue weighted by molar-refractivity contribution is -0.131. The van der Waals surface area contributed by atoms with Gasteiger partial charge in [-0.2, -0.15) is 0 Å². The Kier molecular flexibility index (Phi) is 6.84. The van der Waals surface area contributed by atoms with Crippen molar-refractivity contribution in [2.45, 2.75) is 12.8 Å². The second kappa shape index (κ2) is 10.4. The Bertz CT molecular complexity index is 1560. The number of benzene rings is 1. The molecule has 12 heteroatoms. The zero-order valence-electron chi connectivity index (χ0n) is 21.3. The summed E-state index contributed by atoms with van der Waals surface area (Å²) in [5.41, 5.74) is 0.424. The standard InChI is InChI=1S/C27H24FN5O6/c1-36-20-12-17(32-26(35)27(9-10-27)25(34)31-16-6-4-15(28)5-7-16)14-30-23(20)39-19-8-11-29-18-13-21(37-2)24(38-3)33-22(18)19/h4-8,11-14H,9-10H2,1-3H3,(H,31,34)(H,32,35). The van der Waals surface area contributed by atoms with Crippen LogP contribution in [-0.2, 0) is 9.59 Å². The summed E-state index contributed by atoms with van der Waals surface area (Å²) in [6.45, 7) is 0. The molecule has 1 fully saturated rings. The number of ether oxygens (including phenoxy) is 4. The Hall–Kier alpha value is -5.00. The van der Waals surface area contributed by atoms with E-state index in [9.17, 15) is 14.0 Å². The first-order chi connectivity index (χ1) is 18.9. The van der Waals surface area contributed by atoms with Gasteiger partial charge in [-0.15, -0.1) is 0 Å². The number of pyridine rings is 3. The highest BCUT2D eigenvalue weighted by Gasteiger charge is 2.56. The molecule has 4 aromatic rings. The summed E-state index contributed by atoms with van der Waals surface area (Å²) in [5, 5.41) is 5.41. The third kappa shape index (κ3) is 5.08. The normalized spacial score (nSPS) is 13.3. The molecular weight excluding hydrogens is 509 g/mol. The average molecular weight is 534 g/mol. The predicted octanol–water partition coefficient (Wildman–Crippen LogP) is 4.34. The molecule has 3 aromatic heterocycles. The molecule has 0 radical (unpaired) electrons. The molecule has 0 bridgehead atoms. The topological polar surface area (TPSA) is 134 Å². The molecule has 11 nitrogen and oxygen atoms in total. The minimum atomic E-state index is -1.22. The number of hydrogen-bond donors (Lipinski definition) is 2. The number of nitrogens with zero attached hydrogens (tertiary/aromatic N) is 3. The van der Waals surface area contributed by atoms with Gasteiger partial charge in [-0.05, 0) is 37.1 Å². The van der Waals surface area contributed by atoms with Gasteiger partial charge in [0.2, 0.25) is 11.8 Å². The molecule has 2 amide bonds. The first-order valence-electron chi connectivity index (χ1n) is 11.8. The lowest BCUT2D eigenvalue weighted by atomic mass is 10.0. The predicted molar refractivity (Wildman–Crippen MR) is 139 cm³/mol. The molecule has 0 unspecified atom stereocenters. The van der Waals surface area contributed by atoms with Crippen LogP contribution in [0.15, 0.2) is 54.9 Å². The Labute approximate surface area is 222 Å². The number of rotatable bonds is 9. The van der Waals surface area contributed by atoms with Crippen LogP contribution in [-0.4, -0.2) is 48.1 Å². The van der Waals surface area contributed by atoms with E-state index in [1.54, 1.807) is 18.3 Å². The van der Waals surface area contributed by atoms with E-state index in [4.69, 9.17) is 18.9 Å². The number of fused-ring (bicyclic) bond motifs is 1. The molecule has 39 heavy (non-hydrogen) atoms.